The number of benzene rings is 2. The molecule has 2 aromatic carbocycles. The lowest BCUT2D eigenvalue weighted by molar-refractivity contribution is -0.126. The van der Waals surface area contributed by atoms with Crippen molar-refractivity contribution in [3.63, 3.8) is 0 Å². The number of hydrogen-bond acceptors (Lipinski definition) is 8. The molecule has 0 bridgehead atoms. The minimum atomic E-state index is -4.85. The highest BCUT2D eigenvalue weighted by atomic mass is 32.2. The number of pyridine rings is 2. The van der Waals surface area contributed by atoms with E-state index in [0.717, 1.165) is 11.1 Å². The van der Waals surface area contributed by atoms with Crippen molar-refractivity contribution >= 4 is 44.0 Å². The number of amides is 1. The number of ketones is 1. The highest BCUT2D eigenvalue weighted by Gasteiger charge is 2.27. The summed E-state index contributed by atoms with van der Waals surface area (Å²) in [5.41, 5.74) is 2.45. The molecule has 44 heavy (non-hydrogen) atoms. The molecule has 1 saturated heterocycles. The fourth-order valence-corrected chi connectivity index (χ4v) is 6.05. The van der Waals surface area contributed by atoms with Crippen LogP contribution in [0.25, 0.3) is 22.0 Å². The topological polar surface area (TPSA) is 122 Å². The highest BCUT2D eigenvalue weighted by molar-refractivity contribution is 7.92. The average molecular weight is 626 g/mol. The summed E-state index contributed by atoms with van der Waals surface area (Å²) in [5.74, 6) is -5.04. The maximum absolute atomic E-state index is 14.3. The molecule has 1 aliphatic heterocycles. The van der Waals surface area contributed by atoms with E-state index in [-0.39, 0.29) is 35.4 Å². The molecule has 0 radical (unpaired) electrons. The zero-order valence-electron chi connectivity index (χ0n) is 23.6. The first-order valence-electron chi connectivity index (χ1n) is 13.3. The molecule has 14 heteroatoms. The van der Waals surface area contributed by atoms with Crippen LogP contribution in [0.3, 0.4) is 0 Å². The Morgan fingerprint density at radius 3 is 2.30 bits per heavy atom. The van der Waals surface area contributed by atoms with Gasteiger partial charge < -0.3 is 14.5 Å². The third-order valence-electron chi connectivity index (χ3n) is 6.97. The molecule has 1 N–H and O–H groups in total. The normalized spacial score (nSPS) is 13.8. The first-order valence-corrected chi connectivity index (χ1v) is 14.8. The Labute approximate surface area is 250 Å². The van der Waals surface area contributed by atoms with Gasteiger partial charge in [0.2, 0.25) is 11.8 Å². The smallest absolute Gasteiger partial charge is 0.267 e. The number of allylic oxidation sites excluding steroid dienone is 1. The van der Waals surface area contributed by atoms with Gasteiger partial charge in [0.25, 0.3) is 10.0 Å². The van der Waals surface area contributed by atoms with Crippen LogP contribution in [-0.4, -0.2) is 68.3 Å². The van der Waals surface area contributed by atoms with Gasteiger partial charge in [-0.25, -0.2) is 26.6 Å². The number of piperazine rings is 1. The number of ether oxygens (including phenoxy) is 1. The first kappa shape index (κ1) is 30.5. The summed E-state index contributed by atoms with van der Waals surface area (Å²) in [6.07, 6.45) is 5.65. The summed E-state index contributed by atoms with van der Waals surface area (Å²) in [7, 11) is -3.60. The van der Waals surface area contributed by atoms with E-state index in [1.807, 2.05) is 12.1 Å². The van der Waals surface area contributed by atoms with Gasteiger partial charge in [-0.2, -0.15) is 0 Å². The zero-order chi connectivity index (χ0) is 31.6. The van der Waals surface area contributed by atoms with Gasteiger partial charge in [-0.05, 0) is 42.8 Å². The number of nitrogens with one attached hydrogen (secondary N) is 1. The van der Waals surface area contributed by atoms with Crippen LogP contribution in [0.2, 0.25) is 0 Å². The van der Waals surface area contributed by atoms with Crippen LogP contribution in [0.4, 0.5) is 24.5 Å². The van der Waals surface area contributed by atoms with Crippen LogP contribution < -0.4 is 14.4 Å². The molecule has 3 heterocycles. The molecule has 1 aliphatic rings. The molecule has 2 aromatic heterocycles. The summed E-state index contributed by atoms with van der Waals surface area (Å²) >= 11 is 0. The standard InChI is InChI=1S/C30H26F3N5O5S/c1-18(39)3-6-28(40)38-11-9-37(10-12-38)27-7-8-34-25-5-4-19(13-22(25)27)20-14-26(30(43-2)35-17-20)36-44(41,42)29-23(32)15-21(31)16-24(29)33/h3-8,13-17,36H,9-12H2,1-2H3. The van der Waals surface area contributed by atoms with Crippen LogP contribution in [-0.2, 0) is 19.6 Å². The number of aromatic nitrogens is 2. The number of fused-ring (bicyclic) bond motifs is 1. The van der Waals surface area contributed by atoms with Crippen LogP contribution in [0.15, 0.2) is 71.9 Å². The first-order chi connectivity index (χ1) is 21.0. The molecule has 0 saturated carbocycles. The monoisotopic (exact) mass is 625 g/mol. The number of methoxy groups -OCH3 is 1. The van der Waals surface area contributed by atoms with Crippen molar-refractivity contribution in [1.82, 2.24) is 14.9 Å². The van der Waals surface area contributed by atoms with E-state index < -0.39 is 32.4 Å². The van der Waals surface area contributed by atoms with Crippen LogP contribution in [0.1, 0.15) is 6.92 Å². The number of rotatable bonds is 8. The number of carbonyl (C=O) groups excluding carboxylic acids is 2. The van der Waals surface area contributed by atoms with Crippen LogP contribution in [0, 0.1) is 17.5 Å². The number of anilines is 2. The van der Waals surface area contributed by atoms with Crippen molar-refractivity contribution < 1.29 is 35.9 Å². The predicted octanol–water partition coefficient (Wildman–Crippen LogP) is 4.32. The second-order valence-corrected chi connectivity index (χ2v) is 11.5. The van der Waals surface area contributed by atoms with Gasteiger partial charge in [0.1, 0.15) is 23.1 Å². The Balaban J connectivity index is 1.45. The Morgan fingerprint density at radius 2 is 1.64 bits per heavy atom. The summed E-state index contributed by atoms with van der Waals surface area (Å²) in [5, 5.41) is 0.787. The maximum Gasteiger partial charge on any atom is 0.267 e. The molecule has 0 aliphatic carbocycles. The van der Waals surface area contributed by atoms with Gasteiger partial charge in [0, 0.05) is 73.4 Å². The Kier molecular flexibility index (Phi) is 8.54. The van der Waals surface area contributed by atoms with E-state index >= 15 is 0 Å². The second kappa shape index (κ2) is 12.3. The van der Waals surface area contributed by atoms with Crippen LogP contribution >= 0.6 is 0 Å². The van der Waals surface area contributed by atoms with E-state index in [2.05, 4.69) is 19.6 Å². The third-order valence-corrected chi connectivity index (χ3v) is 8.38. The zero-order valence-corrected chi connectivity index (χ0v) is 24.4. The van der Waals surface area contributed by atoms with Crippen molar-refractivity contribution in [3.05, 3.63) is 84.5 Å². The second-order valence-electron chi connectivity index (χ2n) is 9.90. The number of nitrogens with zero attached hydrogens (tertiary/aromatic N) is 4. The Bertz CT molecular complexity index is 1890. The average Bonchev–Trinajstić information content (AvgIpc) is 2.98. The number of sulfonamides is 1. The largest absolute Gasteiger partial charge is 0.480 e. The summed E-state index contributed by atoms with van der Waals surface area (Å²) in [6, 6.07) is 9.21. The van der Waals surface area contributed by atoms with Gasteiger partial charge in [-0.3, -0.25) is 19.3 Å². The molecule has 0 atom stereocenters. The lowest BCUT2D eigenvalue weighted by atomic mass is 10.0. The van der Waals surface area contributed by atoms with Gasteiger partial charge in [-0.1, -0.05) is 6.07 Å². The fraction of sp³-hybridized carbons (Fsp3) is 0.200. The highest BCUT2D eigenvalue weighted by Crippen LogP contribution is 2.34. The molecule has 10 nitrogen and oxygen atoms in total. The molecular weight excluding hydrogens is 599 g/mol. The van der Waals surface area contributed by atoms with Gasteiger partial charge in [0.15, 0.2) is 10.7 Å². The SMILES string of the molecule is COc1ncc(-c2ccc3nccc(N4CCN(C(=O)C=CC(C)=O)CC4)c3c2)cc1NS(=O)(=O)c1c(F)cc(F)cc1F. The maximum atomic E-state index is 14.3. The molecule has 0 unspecified atom stereocenters. The van der Waals surface area contributed by atoms with E-state index in [1.165, 1.54) is 38.4 Å². The van der Waals surface area contributed by atoms with Crippen molar-refractivity contribution in [2.24, 2.45) is 0 Å². The van der Waals surface area contributed by atoms with Gasteiger partial charge >= 0.3 is 0 Å². The Hall–Kier alpha value is -4.98. The van der Waals surface area contributed by atoms with E-state index in [0.29, 0.717) is 42.8 Å². The van der Waals surface area contributed by atoms with Crippen molar-refractivity contribution in [1.29, 1.82) is 0 Å². The summed E-state index contributed by atoms with van der Waals surface area (Å²) in [6.45, 7) is 3.35. The van der Waals surface area contributed by atoms with Crippen molar-refractivity contribution in [3.8, 4) is 17.0 Å². The molecule has 4 aromatic rings. The van der Waals surface area contributed by atoms with Crippen LogP contribution in [0.5, 0.6) is 5.88 Å². The molecule has 5 rings (SSSR count). The van der Waals surface area contributed by atoms with Crippen molar-refractivity contribution in [2.75, 3.05) is 42.9 Å². The third kappa shape index (κ3) is 6.34. The number of halogens is 3. The summed E-state index contributed by atoms with van der Waals surface area (Å²) < 4.78 is 75.2. The van der Waals surface area contributed by atoms with Crippen molar-refractivity contribution in [2.45, 2.75) is 11.8 Å². The minimum absolute atomic E-state index is 0.158. The Morgan fingerprint density at radius 1 is 0.932 bits per heavy atom. The minimum Gasteiger partial charge on any atom is -0.480 e. The van der Waals surface area contributed by atoms with Gasteiger partial charge in [-0.15, -0.1) is 0 Å². The predicted molar refractivity (Wildman–Crippen MR) is 157 cm³/mol. The fourth-order valence-electron chi connectivity index (χ4n) is 4.88. The number of carbonyl (C=O) groups is 2. The van der Waals surface area contributed by atoms with Gasteiger partial charge in [0.05, 0.1) is 12.6 Å². The lowest BCUT2D eigenvalue weighted by Crippen LogP contribution is -2.48. The molecular formula is C30H26F3N5O5S. The molecule has 228 valence electrons. The lowest BCUT2D eigenvalue weighted by Gasteiger charge is -2.36. The summed E-state index contributed by atoms with van der Waals surface area (Å²) in [4.78, 5) is 34.6. The quantitative estimate of drug-likeness (QED) is 0.288. The molecule has 1 fully saturated rings. The van der Waals surface area contributed by atoms with E-state index in [1.54, 1.807) is 23.2 Å². The molecule has 1 amide bonds. The molecule has 0 spiro atoms. The van der Waals surface area contributed by atoms with E-state index in [4.69, 9.17) is 4.74 Å². The number of hydrogen-bond donors (Lipinski definition) is 1. The van der Waals surface area contributed by atoms with E-state index in [9.17, 15) is 31.2 Å².